The lowest BCUT2D eigenvalue weighted by atomic mass is 9.79. The zero-order valence-corrected chi connectivity index (χ0v) is 16.6. The highest BCUT2D eigenvalue weighted by Gasteiger charge is 2.45. The van der Waals surface area contributed by atoms with Crippen LogP contribution in [0.15, 0.2) is 23.8 Å². The zero-order valence-electron chi connectivity index (χ0n) is 16.6. The van der Waals surface area contributed by atoms with Crippen LogP contribution in [0.4, 0.5) is 0 Å². The van der Waals surface area contributed by atoms with Crippen LogP contribution < -0.4 is 0 Å². The molecular weight excluding hydrogens is 340 g/mol. The maximum absolute atomic E-state index is 10.6. The molecule has 0 bridgehead atoms. The van der Waals surface area contributed by atoms with Gasteiger partial charge in [-0.05, 0) is 68.6 Å². The van der Waals surface area contributed by atoms with E-state index >= 15 is 0 Å². The molecule has 3 N–H and O–H groups in total. The Hall–Kier alpha value is -1.13. The molecule has 0 aromatic rings. The summed E-state index contributed by atoms with van der Waals surface area (Å²) in [6, 6.07) is 0. The van der Waals surface area contributed by atoms with Gasteiger partial charge in [0.25, 0.3) is 0 Å². The molecule has 0 heterocycles. The molecule has 152 valence electrons. The Kier molecular flexibility index (Phi) is 7.16. The molecule has 0 aromatic carbocycles. The van der Waals surface area contributed by atoms with Crippen LogP contribution in [0.2, 0.25) is 0 Å². The predicted molar refractivity (Wildman–Crippen MR) is 106 cm³/mol. The van der Waals surface area contributed by atoms with E-state index < -0.39 is 5.97 Å². The van der Waals surface area contributed by atoms with Crippen LogP contribution >= 0.6 is 0 Å². The number of rotatable bonds is 7. The van der Waals surface area contributed by atoms with Crippen molar-refractivity contribution in [3.8, 4) is 0 Å². The number of carbonyl (C=O) groups is 1. The zero-order chi connectivity index (χ0) is 19.4. The Bertz CT molecular complexity index is 559. The van der Waals surface area contributed by atoms with Crippen molar-refractivity contribution in [1.29, 1.82) is 0 Å². The van der Waals surface area contributed by atoms with Crippen molar-refractivity contribution in [2.45, 2.75) is 83.3 Å². The number of fused-ring (bicyclic) bond motifs is 1. The van der Waals surface area contributed by atoms with E-state index in [1.54, 1.807) is 0 Å². The second-order valence-electron chi connectivity index (χ2n) is 9.26. The quantitative estimate of drug-likeness (QED) is 0.457. The number of allylic oxidation sites excluding steroid dienone is 2. The van der Waals surface area contributed by atoms with E-state index in [0.717, 1.165) is 44.4 Å². The molecule has 3 rings (SSSR count). The van der Waals surface area contributed by atoms with Gasteiger partial charge in [0.2, 0.25) is 0 Å². The first kappa shape index (κ1) is 20.6. The summed E-state index contributed by atoms with van der Waals surface area (Å²) in [5.41, 5.74) is 1.43. The lowest BCUT2D eigenvalue weighted by molar-refractivity contribution is -0.137. The smallest absolute Gasteiger partial charge is 0.303 e. The molecule has 5 atom stereocenters. The van der Waals surface area contributed by atoms with Crippen LogP contribution in [0.1, 0.15) is 71.1 Å². The summed E-state index contributed by atoms with van der Waals surface area (Å²) in [7, 11) is 0. The number of hydrogen-bond acceptors (Lipinski definition) is 3. The van der Waals surface area contributed by atoms with Gasteiger partial charge in [-0.15, -0.1) is 0 Å². The highest BCUT2D eigenvalue weighted by atomic mass is 16.4. The van der Waals surface area contributed by atoms with Gasteiger partial charge in [0.05, 0.1) is 12.2 Å². The number of aliphatic carboxylic acids is 1. The fraction of sp³-hybridized carbons (Fsp3) is 0.783. The third-order valence-corrected chi connectivity index (χ3v) is 7.21. The van der Waals surface area contributed by atoms with Crippen molar-refractivity contribution in [2.75, 3.05) is 0 Å². The topological polar surface area (TPSA) is 77.8 Å². The van der Waals surface area contributed by atoms with Gasteiger partial charge in [0.15, 0.2) is 0 Å². The molecule has 3 fully saturated rings. The molecule has 4 heteroatoms. The molecule has 0 unspecified atom stereocenters. The SMILES string of the molecule is CC1CCC([C@@H](O)C=C[C@@H]2[C@H]3CC(=CCCCC(=O)O)C[C@@H]3C[C@H]2O)CC1. The Morgan fingerprint density at radius 2 is 1.96 bits per heavy atom. The number of aliphatic hydroxyl groups excluding tert-OH is 2. The fourth-order valence-electron chi connectivity index (χ4n) is 5.53. The highest BCUT2D eigenvalue weighted by Crippen LogP contribution is 2.50. The second kappa shape index (κ2) is 9.38. The minimum absolute atomic E-state index is 0.150. The van der Waals surface area contributed by atoms with Crippen LogP contribution in [0.3, 0.4) is 0 Å². The first-order chi connectivity index (χ1) is 12.9. The number of carboxylic acids is 1. The number of hydrogen-bond donors (Lipinski definition) is 3. The van der Waals surface area contributed by atoms with Crippen LogP contribution in [0.25, 0.3) is 0 Å². The number of carboxylic acid groups (broad SMARTS) is 1. The molecule has 0 radical (unpaired) electrons. The van der Waals surface area contributed by atoms with Gasteiger partial charge in [-0.2, -0.15) is 0 Å². The molecule has 0 saturated heterocycles. The third kappa shape index (κ3) is 5.45. The molecule has 0 spiro atoms. The summed E-state index contributed by atoms with van der Waals surface area (Å²) in [4.78, 5) is 10.6. The van der Waals surface area contributed by atoms with E-state index in [2.05, 4.69) is 19.1 Å². The van der Waals surface area contributed by atoms with Crippen LogP contribution in [0, 0.1) is 29.6 Å². The van der Waals surface area contributed by atoms with E-state index in [-0.39, 0.29) is 24.5 Å². The first-order valence-corrected chi connectivity index (χ1v) is 10.9. The Labute approximate surface area is 163 Å². The van der Waals surface area contributed by atoms with Crippen molar-refractivity contribution in [1.82, 2.24) is 0 Å². The van der Waals surface area contributed by atoms with Crippen molar-refractivity contribution in [3.05, 3.63) is 23.8 Å². The third-order valence-electron chi connectivity index (χ3n) is 7.21. The average Bonchev–Trinajstić information content (AvgIpc) is 3.13. The summed E-state index contributed by atoms with van der Waals surface area (Å²) in [5.74, 6) is 1.59. The predicted octanol–water partition coefficient (Wildman–Crippen LogP) is 4.32. The van der Waals surface area contributed by atoms with Gasteiger partial charge >= 0.3 is 5.97 Å². The van der Waals surface area contributed by atoms with E-state index in [1.807, 2.05) is 6.08 Å². The first-order valence-electron chi connectivity index (χ1n) is 10.9. The Balaban J connectivity index is 1.52. The highest BCUT2D eigenvalue weighted by molar-refractivity contribution is 5.66. The number of aliphatic hydroxyl groups is 2. The summed E-state index contributed by atoms with van der Waals surface area (Å²) in [5, 5.41) is 29.8. The van der Waals surface area contributed by atoms with Gasteiger partial charge in [0.1, 0.15) is 0 Å². The van der Waals surface area contributed by atoms with Crippen molar-refractivity contribution < 1.29 is 20.1 Å². The van der Waals surface area contributed by atoms with Crippen LogP contribution in [-0.4, -0.2) is 33.5 Å². The largest absolute Gasteiger partial charge is 0.481 e. The van der Waals surface area contributed by atoms with E-state index in [4.69, 9.17) is 5.11 Å². The van der Waals surface area contributed by atoms with Gasteiger partial charge < -0.3 is 15.3 Å². The van der Waals surface area contributed by atoms with Gasteiger partial charge in [0, 0.05) is 12.3 Å². The van der Waals surface area contributed by atoms with E-state index in [9.17, 15) is 15.0 Å². The van der Waals surface area contributed by atoms with Gasteiger partial charge in [-0.3, -0.25) is 4.79 Å². The maximum atomic E-state index is 10.6. The summed E-state index contributed by atoms with van der Waals surface area (Å²) < 4.78 is 0. The average molecular weight is 377 g/mol. The van der Waals surface area contributed by atoms with E-state index in [1.165, 1.54) is 18.4 Å². The fourth-order valence-corrected chi connectivity index (χ4v) is 5.53. The standard InChI is InChI=1S/C23H36O4/c1-15-6-8-17(9-7-15)21(24)11-10-19-20-13-16(4-2-3-5-23(26)27)12-18(20)14-22(19)25/h4,10-11,15,17-22,24-25H,2-3,5-9,12-14H2,1H3,(H,26,27)/t15?,17?,18-,19-,20+,21+,22-/m1/s1. The van der Waals surface area contributed by atoms with Gasteiger partial charge in [-0.1, -0.05) is 43.6 Å². The van der Waals surface area contributed by atoms with E-state index in [0.29, 0.717) is 24.2 Å². The molecule has 0 aliphatic heterocycles. The summed E-state index contributed by atoms with van der Waals surface area (Å²) in [6.45, 7) is 2.29. The lowest BCUT2D eigenvalue weighted by Gasteiger charge is -2.28. The van der Waals surface area contributed by atoms with Crippen molar-refractivity contribution >= 4 is 5.97 Å². The van der Waals surface area contributed by atoms with Crippen molar-refractivity contribution in [3.63, 3.8) is 0 Å². The van der Waals surface area contributed by atoms with Crippen LogP contribution in [-0.2, 0) is 4.79 Å². The summed E-state index contributed by atoms with van der Waals surface area (Å²) >= 11 is 0. The molecule has 3 aliphatic rings. The van der Waals surface area contributed by atoms with Crippen LogP contribution in [0.5, 0.6) is 0 Å². The Morgan fingerprint density at radius 1 is 1.22 bits per heavy atom. The molecule has 4 nitrogen and oxygen atoms in total. The molecule has 0 aromatic heterocycles. The molecule has 27 heavy (non-hydrogen) atoms. The lowest BCUT2D eigenvalue weighted by Crippen LogP contribution is -2.24. The number of unbranched alkanes of at least 4 members (excludes halogenated alkanes) is 1. The Morgan fingerprint density at radius 3 is 2.67 bits per heavy atom. The normalized spacial score (nSPS) is 39.1. The maximum Gasteiger partial charge on any atom is 0.303 e. The van der Waals surface area contributed by atoms with Gasteiger partial charge in [-0.25, -0.2) is 0 Å². The minimum atomic E-state index is -0.726. The molecule has 3 aliphatic carbocycles. The minimum Gasteiger partial charge on any atom is -0.481 e. The molecule has 3 saturated carbocycles. The van der Waals surface area contributed by atoms with Crippen molar-refractivity contribution in [2.24, 2.45) is 29.6 Å². The molecule has 0 amide bonds. The summed E-state index contributed by atoms with van der Waals surface area (Å²) in [6.07, 6.45) is 14.9. The molecular formula is C23H36O4. The second-order valence-corrected chi connectivity index (χ2v) is 9.26. The monoisotopic (exact) mass is 376 g/mol.